The molecule has 0 radical (unpaired) electrons. The van der Waals surface area contributed by atoms with Gasteiger partial charge in [0.25, 0.3) is 0 Å². The van der Waals surface area contributed by atoms with Gasteiger partial charge in [-0.25, -0.2) is 4.79 Å². The van der Waals surface area contributed by atoms with Crippen molar-refractivity contribution in [3.63, 3.8) is 0 Å². The first-order chi connectivity index (χ1) is 6.64. The number of carboxylic acid groups (broad SMARTS) is 1. The molecule has 0 aromatic carbocycles. The van der Waals surface area contributed by atoms with Crippen LogP contribution in [0.4, 0.5) is 0 Å². The summed E-state index contributed by atoms with van der Waals surface area (Å²) in [6, 6.07) is -0.966. The number of aliphatic carboxylic acids is 1. The molecule has 88 valence electrons. The molecule has 1 unspecified atom stereocenters. The maximum atomic E-state index is 11.4. The Kier molecular flexibility index (Phi) is 5.14. The zero-order chi connectivity index (χ0) is 12.2. The lowest BCUT2D eigenvalue weighted by Gasteiger charge is -2.27. The minimum absolute atomic E-state index is 0.211. The molecule has 1 atom stereocenters. The molecule has 0 saturated heterocycles. The molecule has 0 spiro atoms. The van der Waals surface area contributed by atoms with Crippen LogP contribution in [0.5, 0.6) is 0 Å². The van der Waals surface area contributed by atoms with Crippen molar-refractivity contribution in [3.05, 3.63) is 0 Å². The normalized spacial score (nSPS) is 13.7. The van der Waals surface area contributed by atoms with Crippen molar-refractivity contribution >= 4 is 24.5 Å². The van der Waals surface area contributed by atoms with Crippen LogP contribution >= 0.6 is 12.6 Å². The summed E-state index contributed by atoms with van der Waals surface area (Å²) >= 11 is 4.16. The molecule has 1 amide bonds. The van der Waals surface area contributed by atoms with Gasteiger partial charge in [-0.3, -0.25) is 4.79 Å². The van der Waals surface area contributed by atoms with Gasteiger partial charge in [0.15, 0.2) is 0 Å². The second-order valence-electron chi connectivity index (χ2n) is 4.59. The van der Waals surface area contributed by atoms with Crippen LogP contribution in [-0.4, -0.2) is 27.8 Å². The molecule has 0 fully saturated rings. The molecule has 0 aromatic heterocycles. The molecule has 4 nitrogen and oxygen atoms in total. The van der Waals surface area contributed by atoms with E-state index in [0.717, 1.165) is 0 Å². The molecule has 0 aliphatic heterocycles. The van der Waals surface area contributed by atoms with Gasteiger partial charge in [-0.2, -0.15) is 12.6 Å². The van der Waals surface area contributed by atoms with Crippen molar-refractivity contribution in [2.45, 2.75) is 44.9 Å². The van der Waals surface area contributed by atoms with Crippen LogP contribution in [0.25, 0.3) is 0 Å². The predicted molar refractivity (Wildman–Crippen MR) is 62.1 cm³/mol. The minimum atomic E-state index is -1.06. The van der Waals surface area contributed by atoms with Gasteiger partial charge in [0.05, 0.1) is 0 Å². The van der Waals surface area contributed by atoms with Gasteiger partial charge < -0.3 is 10.4 Å². The van der Waals surface area contributed by atoms with E-state index < -0.39 is 16.8 Å². The zero-order valence-electron chi connectivity index (χ0n) is 9.57. The Morgan fingerprint density at radius 3 is 2.13 bits per heavy atom. The highest BCUT2D eigenvalue weighted by atomic mass is 32.1. The molecule has 0 aromatic rings. The summed E-state index contributed by atoms with van der Waals surface area (Å²) in [4.78, 5) is 22.3. The first kappa shape index (κ1) is 14.3. The number of thiol groups is 1. The fraction of sp³-hybridized carbons (Fsp3) is 0.800. The number of carbonyl (C=O) groups is 2. The first-order valence-electron chi connectivity index (χ1n) is 4.89. The van der Waals surface area contributed by atoms with Gasteiger partial charge in [-0.05, 0) is 19.8 Å². The monoisotopic (exact) mass is 233 g/mol. The highest BCUT2D eigenvalue weighted by Gasteiger charge is 2.33. The lowest BCUT2D eigenvalue weighted by Crippen LogP contribution is -2.51. The van der Waals surface area contributed by atoms with Crippen LogP contribution in [0.2, 0.25) is 0 Å². The maximum absolute atomic E-state index is 11.4. The fourth-order valence-electron chi connectivity index (χ4n) is 1.13. The lowest BCUT2D eigenvalue weighted by atomic mass is 10.0. The number of hydrogen-bond acceptors (Lipinski definition) is 3. The van der Waals surface area contributed by atoms with E-state index >= 15 is 0 Å². The molecule has 0 saturated carbocycles. The molecule has 15 heavy (non-hydrogen) atoms. The van der Waals surface area contributed by atoms with E-state index in [2.05, 4.69) is 17.9 Å². The van der Waals surface area contributed by atoms with E-state index in [-0.39, 0.29) is 11.8 Å². The van der Waals surface area contributed by atoms with Crippen LogP contribution in [0.15, 0.2) is 0 Å². The molecule has 0 aliphatic rings. The van der Waals surface area contributed by atoms with E-state index in [0.29, 0.717) is 6.42 Å². The Hall–Kier alpha value is -0.710. The molecule has 0 heterocycles. The van der Waals surface area contributed by atoms with Gasteiger partial charge in [0.1, 0.15) is 6.04 Å². The lowest BCUT2D eigenvalue weighted by molar-refractivity contribution is -0.142. The molecule has 0 aliphatic carbocycles. The number of carbonyl (C=O) groups excluding carboxylic acids is 1. The first-order valence-corrected chi connectivity index (χ1v) is 5.34. The summed E-state index contributed by atoms with van der Waals surface area (Å²) in [5.74, 6) is -1.10. The topological polar surface area (TPSA) is 66.4 Å². The standard InChI is InChI=1S/C10H19NO3S/c1-6(2)5-7(12)11-8(9(13)14)10(3,4)15/h6,8,15H,5H2,1-4H3,(H,11,12)(H,13,14). The van der Waals surface area contributed by atoms with E-state index in [1.54, 1.807) is 13.8 Å². The third kappa shape index (κ3) is 5.67. The van der Waals surface area contributed by atoms with Crippen molar-refractivity contribution in [2.75, 3.05) is 0 Å². The van der Waals surface area contributed by atoms with Crippen molar-refractivity contribution < 1.29 is 14.7 Å². The van der Waals surface area contributed by atoms with Crippen LogP contribution in [0.1, 0.15) is 34.1 Å². The van der Waals surface area contributed by atoms with Crippen LogP contribution in [0.3, 0.4) is 0 Å². The van der Waals surface area contributed by atoms with Crippen LogP contribution < -0.4 is 5.32 Å². The number of carboxylic acids is 1. The van der Waals surface area contributed by atoms with Gasteiger partial charge in [-0.15, -0.1) is 0 Å². The Labute approximate surface area is 95.8 Å². The van der Waals surface area contributed by atoms with Gasteiger partial charge in [0, 0.05) is 11.2 Å². The average Bonchev–Trinajstić information content (AvgIpc) is 1.95. The van der Waals surface area contributed by atoms with E-state index in [9.17, 15) is 9.59 Å². The zero-order valence-corrected chi connectivity index (χ0v) is 10.5. The van der Waals surface area contributed by atoms with Gasteiger partial charge >= 0.3 is 5.97 Å². The largest absolute Gasteiger partial charge is 0.480 e. The highest BCUT2D eigenvalue weighted by molar-refractivity contribution is 7.81. The Bertz CT molecular complexity index is 246. The summed E-state index contributed by atoms with van der Waals surface area (Å²) in [6.07, 6.45) is 0.327. The smallest absolute Gasteiger partial charge is 0.327 e. The van der Waals surface area contributed by atoms with E-state index in [4.69, 9.17) is 5.11 Å². The molecule has 0 bridgehead atoms. The molecule has 2 N–H and O–H groups in total. The third-order valence-corrected chi connectivity index (χ3v) is 2.11. The van der Waals surface area contributed by atoms with Crippen molar-refractivity contribution in [1.29, 1.82) is 0 Å². The van der Waals surface area contributed by atoms with E-state index in [1.165, 1.54) is 0 Å². The van der Waals surface area contributed by atoms with Gasteiger partial charge in [-0.1, -0.05) is 13.8 Å². The molecule has 5 heteroatoms. The summed E-state index contributed by atoms with van der Waals surface area (Å²) in [7, 11) is 0. The second-order valence-corrected chi connectivity index (χ2v) is 5.74. The fourth-order valence-corrected chi connectivity index (χ4v) is 1.31. The third-order valence-electron chi connectivity index (χ3n) is 1.85. The van der Waals surface area contributed by atoms with Crippen molar-refractivity contribution in [1.82, 2.24) is 5.32 Å². The average molecular weight is 233 g/mol. The number of nitrogens with one attached hydrogen (secondary N) is 1. The Morgan fingerprint density at radius 2 is 1.87 bits per heavy atom. The quantitative estimate of drug-likeness (QED) is 0.627. The van der Waals surface area contributed by atoms with Crippen LogP contribution in [-0.2, 0) is 9.59 Å². The van der Waals surface area contributed by atoms with Gasteiger partial charge in [0.2, 0.25) is 5.91 Å². The molecule has 0 rings (SSSR count). The highest BCUT2D eigenvalue weighted by Crippen LogP contribution is 2.18. The van der Waals surface area contributed by atoms with Crippen molar-refractivity contribution in [2.24, 2.45) is 5.92 Å². The van der Waals surface area contributed by atoms with Crippen molar-refractivity contribution in [3.8, 4) is 0 Å². The Morgan fingerprint density at radius 1 is 1.40 bits per heavy atom. The minimum Gasteiger partial charge on any atom is -0.480 e. The molecular formula is C10H19NO3S. The predicted octanol–water partition coefficient (Wildman–Crippen LogP) is 1.31. The number of rotatable bonds is 5. The summed E-state index contributed by atoms with van der Waals surface area (Å²) in [6.45, 7) is 7.12. The molecular weight excluding hydrogens is 214 g/mol. The SMILES string of the molecule is CC(C)CC(=O)NC(C(=O)O)C(C)(C)S. The summed E-state index contributed by atoms with van der Waals surface area (Å²) < 4.78 is -0.779. The number of amides is 1. The van der Waals surface area contributed by atoms with E-state index in [1.807, 2.05) is 13.8 Å². The second kappa shape index (κ2) is 5.39. The Balaban J connectivity index is 4.44. The summed E-state index contributed by atoms with van der Waals surface area (Å²) in [5, 5.41) is 11.4. The van der Waals surface area contributed by atoms with Crippen LogP contribution in [0, 0.1) is 5.92 Å². The summed E-state index contributed by atoms with van der Waals surface area (Å²) in [5.41, 5.74) is 0. The number of hydrogen-bond donors (Lipinski definition) is 3. The maximum Gasteiger partial charge on any atom is 0.327 e.